The fraction of sp³-hybridized carbons (Fsp3) is 0.593. The molecule has 1 saturated heterocycles. The highest BCUT2D eigenvalue weighted by Gasteiger charge is 2.41. The molecule has 3 aromatic heterocycles. The first-order valence-electron chi connectivity index (χ1n) is 13.6. The van der Waals surface area contributed by atoms with Gasteiger partial charge in [-0.1, -0.05) is 0 Å². The molecule has 220 valence electrons. The zero-order valence-corrected chi connectivity index (χ0v) is 22.4. The Morgan fingerprint density at radius 2 is 2.02 bits per heavy atom. The van der Waals surface area contributed by atoms with E-state index >= 15 is 0 Å². The fourth-order valence-electron chi connectivity index (χ4n) is 5.72. The van der Waals surface area contributed by atoms with Crippen LogP contribution < -0.4 is 10.6 Å². The van der Waals surface area contributed by atoms with E-state index in [-0.39, 0.29) is 65.5 Å². The largest absolute Gasteiger partial charge is 0.342 e. The number of imidazole rings is 1. The number of nitrogens with one attached hydrogen (secondary N) is 2. The Morgan fingerprint density at radius 1 is 1.27 bits per heavy atom. The van der Waals surface area contributed by atoms with Gasteiger partial charge >= 0.3 is 0 Å². The second kappa shape index (κ2) is 10.9. The molecular weight excluding hydrogens is 530 g/mol. The molecule has 4 heterocycles. The average Bonchev–Trinajstić information content (AvgIpc) is 3.55. The van der Waals surface area contributed by atoms with E-state index in [1.54, 1.807) is 29.1 Å². The molecule has 0 radical (unpaired) electrons. The Hall–Kier alpha value is -3.35. The molecule has 0 bridgehead atoms. The Morgan fingerprint density at radius 3 is 2.73 bits per heavy atom. The van der Waals surface area contributed by atoms with Crippen molar-refractivity contribution >= 4 is 17.3 Å². The SMILES string of the molecule is CCn1nccc1C(=O)N[C@H](c1cn2nc(CC3CC(C(C)(F)F)NCC3=O)ccc2n1)C1CCC(F)(F)CC1.[HH].[HH]. The van der Waals surface area contributed by atoms with Gasteiger partial charge in [0.15, 0.2) is 5.65 Å². The third kappa shape index (κ3) is 6.03. The number of amides is 1. The standard InChI is InChI=1S/C27H33F4N7O2.2H2/c1-3-37-20(8-11-33-37)25(40)35-24(16-6-9-27(30,31)10-7-16)19-15-38-23(34-19)5-4-18(36-38)12-17-13-22(26(2,28)29)32-14-21(17)39;;/h4-5,8,11,15-17,22,24,32H,3,6-7,9-10,12-14H2,1-2H3,(H,35,40);2*1H/t17?,22?,24-;;/m0../s1. The lowest BCUT2D eigenvalue weighted by Gasteiger charge is -2.33. The molecule has 2 unspecified atom stereocenters. The number of fused-ring (bicyclic) bond motifs is 1. The highest BCUT2D eigenvalue weighted by atomic mass is 19.3. The Labute approximate surface area is 231 Å². The first-order valence-corrected chi connectivity index (χ1v) is 13.6. The molecule has 3 atom stereocenters. The molecule has 9 nitrogen and oxygen atoms in total. The molecule has 3 aromatic rings. The first kappa shape index (κ1) is 28.2. The van der Waals surface area contributed by atoms with Gasteiger partial charge < -0.3 is 10.6 Å². The molecule has 2 aliphatic rings. The molecule has 1 amide bonds. The van der Waals surface area contributed by atoms with Crippen LogP contribution in [0.5, 0.6) is 0 Å². The zero-order chi connectivity index (χ0) is 28.7. The molecule has 1 aliphatic heterocycles. The lowest BCUT2D eigenvalue weighted by atomic mass is 9.81. The van der Waals surface area contributed by atoms with Gasteiger partial charge in [0.2, 0.25) is 5.92 Å². The van der Waals surface area contributed by atoms with Crippen LogP contribution in [0.1, 0.15) is 76.7 Å². The third-order valence-corrected chi connectivity index (χ3v) is 8.05. The van der Waals surface area contributed by atoms with Crippen LogP contribution in [0.4, 0.5) is 17.6 Å². The van der Waals surface area contributed by atoms with Crippen molar-refractivity contribution in [3.05, 3.63) is 47.7 Å². The summed E-state index contributed by atoms with van der Waals surface area (Å²) in [5.41, 5.74) is 1.87. The number of piperidine rings is 1. The van der Waals surface area contributed by atoms with Crippen molar-refractivity contribution in [2.24, 2.45) is 11.8 Å². The number of Topliss-reactive ketones (excluding diaryl/α,β-unsaturated/α-hetero) is 1. The summed E-state index contributed by atoms with van der Waals surface area (Å²) in [5, 5.41) is 14.3. The van der Waals surface area contributed by atoms with Crippen LogP contribution >= 0.6 is 0 Å². The second-order valence-corrected chi connectivity index (χ2v) is 11.0. The molecule has 1 saturated carbocycles. The summed E-state index contributed by atoms with van der Waals surface area (Å²) in [6, 6.07) is 3.30. The van der Waals surface area contributed by atoms with E-state index in [0.717, 1.165) is 6.92 Å². The molecule has 2 fully saturated rings. The number of alkyl halides is 4. The van der Waals surface area contributed by atoms with Crippen molar-refractivity contribution in [2.75, 3.05) is 6.54 Å². The van der Waals surface area contributed by atoms with Crippen molar-refractivity contribution in [3.63, 3.8) is 0 Å². The maximum absolute atomic E-state index is 14.0. The molecular formula is C27H37F4N7O2. The second-order valence-electron chi connectivity index (χ2n) is 11.0. The third-order valence-electron chi connectivity index (χ3n) is 8.05. The molecule has 1 aliphatic carbocycles. The summed E-state index contributed by atoms with van der Waals surface area (Å²) in [5.74, 6) is -7.05. The number of rotatable bonds is 8. The monoisotopic (exact) mass is 567 g/mol. The molecule has 13 heteroatoms. The summed E-state index contributed by atoms with van der Waals surface area (Å²) in [4.78, 5) is 30.3. The molecule has 5 rings (SSSR count). The summed E-state index contributed by atoms with van der Waals surface area (Å²) in [7, 11) is 0. The van der Waals surface area contributed by atoms with Crippen molar-refractivity contribution in [2.45, 2.75) is 82.8 Å². The van der Waals surface area contributed by atoms with Crippen molar-refractivity contribution < 1.29 is 30.0 Å². The van der Waals surface area contributed by atoms with Gasteiger partial charge in [-0.15, -0.1) is 0 Å². The van der Waals surface area contributed by atoms with Crippen molar-refractivity contribution in [3.8, 4) is 0 Å². The smallest absolute Gasteiger partial charge is 0.270 e. The van der Waals surface area contributed by atoms with Crippen molar-refractivity contribution in [1.82, 2.24) is 35.0 Å². The average molecular weight is 568 g/mol. The van der Waals surface area contributed by atoms with Gasteiger partial charge in [0.05, 0.1) is 36.2 Å². The van der Waals surface area contributed by atoms with E-state index in [4.69, 9.17) is 0 Å². The van der Waals surface area contributed by atoms with E-state index in [2.05, 4.69) is 25.8 Å². The highest BCUT2D eigenvalue weighted by molar-refractivity contribution is 5.92. The minimum absolute atomic E-state index is 0. The van der Waals surface area contributed by atoms with Crippen LogP contribution in [0.3, 0.4) is 0 Å². The van der Waals surface area contributed by atoms with Crippen molar-refractivity contribution in [1.29, 1.82) is 0 Å². The highest BCUT2D eigenvalue weighted by Crippen LogP contribution is 2.41. The number of aromatic nitrogens is 5. The summed E-state index contributed by atoms with van der Waals surface area (Å²) >= 11 is 0. The number of ketones is 1. The first-order chi connectivity index (χ1) is 18.9. The van der Waals surface area contributed by atoms with E-state index in [0.29, 0.717) is 29.3 Å². The lowest BCUT2D eigenvalue weighted by molar-refractivity contribution is -0.127. The number of halogens is 4. The van der Waals surface area contributed by atoms with Crippen LogP contribution in [-0.4, -0.2) is 60.5 Å². The predicted molar refractivity (Wildman–Crippen MR) is 141 cm³/mol. The van der Waals surface area contributed by atoms with Gasteiger partial charge in [-0.25, -0.2) is 27.1 Å². The van der Waals surface area contributed by atoms with Crippen LogP contribution in [0.2, 0.25) is 0 Å². The number of hydrogen-bond donors (Lipinski definition) is 2. The zero-order valence-electron chi connectivity index (χ0n) is 22.4. The Kier molecular flexibility index (Phi) is 7.68. The summed E-state index contributed by atoms with van der Waals surface area (Å²) in [6.07, 6.45) is 3.30. The predicted octanol–water partition coefficient (Wildman–Crippen LogP) is 4.48. The lowest BCUT2D eigenvalue weighted by Crippen LogP contribution is -2.52. The normalized spacial score (nSPS) is 22.9. The molecule has 40 heavy (non-hydrogen) atoms. The molecule has 0 aromatic carbocycles. The van der Waals surface area contributed by atoms with E-state index in [1.165, 1.54) is 10.7 Å². The van der Waals surface area contributed by atoms with E-state index < -0.39 is 29.8 Å². The van der Waals surface area contributed by atoms with Crippen LogP contribution in [-0.2, 0) is 17.8 Å². The van der Waals surface area contributed by atoms with Gasteiger partial charge in [0.25, 0.3) is 11.8 Å². The van der Waals surface area contributed by atoms with Crippen LogP contribution in [0.25, 0.3) is 5.65 Å². The summed E-state index contributed by atoms with van der Waals surface area (Å²) in [6.45, 7) is 3.08. The maximum atomic E-state index is 14.0. The van der Waals surface area contributed by atoms with Gasteiger partial charge in [-0.3, -0.25) is 14.3 Å². The Bertz CT molecular complexity index is 1380. The van der Waals surface area contributed by atoms with Gasteiger partial charge in [-0.2, -0.15) is 10.2 Å². The number of hydrogen-bond acceptors (Lipinski definition) is 6. The minimum atomic E-state index is -2.95. The maximum Gasteiger partial charge on any atom is 0.270 e. The van der Waals surface area contributed by atoms with E-state index in [9.17, 15) is 27.2 Å². The topological polar surface area (TPSA) is 106 Å². The fourth-order valence-corrected chi connectivity index (χ4v) is 5.72. The minimum Gasteiger partial charge on any atom is -0.342 e. The number of aryl methyl sites for hydroxylation is 1. The molecule has 0 spiro atoms. The quantitative estimate of drug-likeness (QED) is 0.389. The molecule has 2 N–H and O–H groups in total. The Balaban J connectivity index is 0.00000242. The summed E-state index contributed by atoms with van der Waals surface area (Å²) < 4.78 is 58.7. The van der Waals surface area contributed by atoms with Gasteiger partial charge in [-0.05, 0) is 50.3 Å². The van der Waals surface area contributed by atoms with Crippen LogP contribution in [0, 0.1) is 11.8 Å². The van der Waals surface area contributed by atoms with Gasteiger partial charge in [0, 0.05) is 47.7 Å². The van der Waals surface area contributed by atoms with Crippen LogP contribution in [0.15, 0.2) is 30.6 Å². The van der Waals surface area contributed by atoms with Gasteiger partial charge in [0.1, 0.15) is 11.5 Å². The number of carbonyl (C=O) groups is 2. The number of carbonyl (C=O) groups excluding carboxylic acids is 2. The number of nitrogens with zero attached hydrogens (tertiary/aromatic N) is 5. The van der Waals surface area contributed by atoms with E-state index in [1.807, 2.05) is 6.92 Å².